The molecule has 32 heavy (non-hydrogen) atoms. The molecule has 3 saturated carbocycles. The quantitative estimate of drug-likeness (QED) is 0.347. The number of nitrogens with one attached hydrogen (secondary N) is 2. The van der Waals surface area contributed by atoms with Gasteiger partial charge in [0, 0.05) is 32.9 Å². The van der Waals surface area contributed by atoms with E-state index in [2.05, 4.69) is 10.6 Å². The summed E-state index contributed by atoms with van der Waals surface area (Å²) in [6.45, 7) is 1.58. The molecule has 3 fully saturated rings. The Labute approximate surface area is 195 Å². The van der Waals surface area contributed by atoms with Crippen LogP contribution in [0, 0.1) is 5.41 Å². The molecule has 2 heterocycles. The van der Waals surface area contributed by atoms with Gasteiger partial charge in [-0.15, -0.1) is 0 Å². The molecule has 2 bridgehead atoms. The van der Waals surface area contributed by atoms with Crippen LogP contribution in [0.3, 0.4) is 0 Å². The molecule has 3 aliphatic carbocycles. The van der Waals surface area contributed by atoms with E-state index in [-0.39, 0.29) is 16.9 Å². The summed E-state index contributed by atoms with van der Waals surface area (Å²) >= 11 is 12.1. The smallest absolute Gasteiger partial charge is 0.287 e. The van der Waals surface area contributed by atoms with Crippen LogP contribution in [-0.4, -0.2) is 18.0 Å². The van der Waals surface area contributed by atoms with Gasteiger partial charge in [-0.3, -0.25) is 4.79 Å². The van der Waals surface area contributed by atoms with Crippen molar-refractivity contribution in [3.63, 3.8) is 0 Å². The molecule has 2 aromatic heterocycles. The fourth-order valence-electron chi connectivity index (χ4n) is 5.64. The first-order valence-electron chi connectivity index (χ1n) is 10.8. The summed E-state index contributed by atoms with van der Waals surface area (Å²) in [5.74, 6) is 1.09. The number of rotatable bonds is 6. The van der Waals surface area contributed by atoms with Gasteiger partial charge >= 0.3 is 0 Å². The molecule has 1 amide bonds. The second-order valence-corrected chi connectivity index (χ2v) is 10.3. The molecule has 0 aliphatic heterocycles. The minimum absolute atomic E-state index is 0.120. The van der Waals surface area contributed by atoms with Crippen molar-refractivity contribution >= 4 is 51.0 Å². The molecule has 164 valence electrons. The van der Waals surface area contributed by atoms with E-state index in [9.17, 15) is 4.79 Å². The predicted octanol–water partition coefficient (Wildman–Crippen LogP) is 6.32. The summed E-state index contributed by atoms with van der Waals surface area (Å²) < 4.78 is 11.6. The van der Waals surface area contributed by atoms with Crippen molar-refractivity contribution < 1.29 is 13.6 Å². The molecule has 3 aliphatic rings. The number of hydrogen-bond donors (Lipinski definition) is 2. The van der Waals surface area contributed by atoms with Crippen LogP contribution in [0.25, 0.3) is 21.9 Å². The number of furan rings is 2. The Morgan fingerprint density at radius 3 is 2.34 bits per heavy atom. The van der Waals surface area contributed by atoms with E-state index in [4.69, 9.17) is 32.0 Å². The van der Waals surface area contributed by atoms with E-state index in [0.717, 1.165) is 54.3 Å². The summed E-state index contributed by atoms with van der Waals surface area (Å²) in [5, 5.41) is 9.99. The summed E-state index contributed by atoms with van der Waals surface area (Å²) in [5.41, 5.74) is 1.64. The molecule has 7 rings (SSSR count). The summed E-state index contributed by atoms with van der Waals surface area (Å²) in [7, 11) is 0. The highest BCUT2D eigenvalue weighted by Crippen LogP contribution is 2.61. The molecule has 0 spiro atoms. The molecule has 0 saturated heterocycles. The molecule has 2 aromatic carbocycles. The fourth-order valence-corrected chi connectivity index (χ4v) is 6.00. The van der Waals surface area contributed by atoms with E-state index < -0.39 is 0 Å². The number of benzene rings is 2. The first-order chi connectivity index (χ1) is 15.4. The lowest BCUT2D eigenvalue weighted by Crippen LogP contribution is -2.57. The maximum Gasteiger partial charge on any atom is 0.287 e. The number of carbonyl (C=O) groups excluding carboxylic acids is 1. The number of carbonyl (C=O) groups is 1. The predicted molar refractivity (Wildman–Crippen MR) is 125 cm³/mol. The third kappa shape index (κ3) is 3.49. The van der Waals surface area contributed by atoms with Crippen molar-refractivity contribution in [2.24, 2.45) is 5.41 Å². The van der Waals surface area contributed by atoms with Gasteiger partial charge < -0.3 is 19.5 Å². The molecule has 0 unspecified atom stereocenters. The third-order valence-electron chi connectivity index (χ3n) is 6.97. The molecule has 4 aromatic rings. The van der Waals surface area contributed by atoms with Crippen molar-refractivity contribution in [1.29, 1.82) is 0 Å². The van der Waals surface area contributed by atoms with E-state index in [0.29, 0.717) is 27.9 Å². The van der Waals surface area contributed by atoms with Crippen molar-refractivity contribution in [3.8, 4) is 0 Å². The largest absolute Gasteiger partial charge is 0.460 e. The lowest BCUT2D eigenvalue weighted by molar-refractivity contribution is 0.0614. The van der Waals surface area contributed by atoms with Gasteiger partial charge in [-0.2, -0.15) is 0 Å². The van der Waals surface area contributed by atoms with E-state index in [1.165, 1.54) is 0 Å². The van der Waals surface area contributed by atoms with Gasteiger partial charge in [0.2, 0.25) is 0 Å². The Balaban J connectivity index is 1.06. The average molecular weight is 469 g/mol. The highest BCUT2D eigenvalue weighted by molar-refractivity contribution is 6.31. The second kappa shape index (κ2) is 7.27. The topological polar surface area (TPSA) is 67.4 Å². The first-order valence-corrected chi connectivity index (χ1v) is 11.6. The molecular weight excluding hydrogens is 447 g/mol. The van der Waals surface area contributed by atoms with Crippen molar-refractivity contribution in [2.45, 2.75) is 37.8 Å². The van der Waals surface area contributed by atoms with Crippen LogP contribution in [0.4, 0.5) is 0 Å². The number of hydrogen-bond acceptors (Lipinski definition) is 4. The van der Waals surface area contributed by atoms with E-state index in [1.54, 1.807) is 18.2 Å². The standard InChI is InChI=1S/C25H22Cl2N2O3/c26-17-1-3-20-15(7-17)9-19(31-20)11-28-14-24-5-6-25(12-24,13-24)29-23(30)22-10-16-8-18(27)2-4-21(16)32-22/h1-4,7-10,28H,5-6,11-14H2,(H,29,30). The van der Waals surface area contributed by atoms with Crippen molar-refractivity contribution in [2.75, 3.05) is 6.54 Å². The summed E-state index contributed by atoms with van der Waals surface area (Å²) in [4.78, 5) is 12.8. The monoisotopic (exact) mass is 468 g/mol. The van der Waals surface area contributed by atoms with Gasteiger partial charge in [0.1, 0.15) is 16.9 Å². The highest BCUT2D eigenvalue weighted by atomic mass is 35.5. The second-order valence-electron chi connectivity index (χ2n) is 9.38. The van der Waals surface area contributed by atoms with Crippen LogP contribution in [0.15, 0.2) is 57.4 Å². The molecule has 2 N–H and O–H groups in total. The highest BCUT2D eigenvalue weighted by Gasteiger charge is 2.60. The SMILES string of the molecule is O=C(NC12CCC(CNCc3cc4cc(Cl)ccc4o3)(C1)C2)c1cc2cc(Cl)ccc2o1. The van der Waals surface area contributed by atoms with Gasteiger partial charge in [-0.05, 0) is 79.6 Å². The first kappa shape index (κ1) is 20.2. The molecule has 7 heteroatoms. The Morgan fingerprint density at radius 2 is 1.59 bits per heavy atom. The average Bonchev–Trinajstić information content (AvgIpc) is 3.48. The molecular formula is C25H22Cl2N2O3. The minimum Gasteiger partial charge on any atom is -0.460 e. The molecule has 0 radical (unpaired) electrons. The summed E-state index contributed by atoms with van der Waals surface area (Å²) in [6.07, 6.45) is 4.07. The number of amides is 1. The zero-order valence-corrected chi connectivity index (χ0v) is 18.9. The van der Waals surface area contributed by atoms with Gasteiger partial charge in [-0.1, -0.05) is 23.2 Å². The lowest BCUT2D eigenvalue weighted by Gasteiger charge is -2.48. The number of fused-ring (bicyclic) bond motifs is 3. The van der Waals surface area contributed by atoms with E-state index >= 15 is 0 Å². The van der Waals surface area contributed by atoms with Crippen molar-refractivity contribution in [1.82, 2.24) is 10.6 Å². The third-order valence-corrected chi connectivity index (χ3v) is 7.44. The Hall–Kier alpha value is -2.47. The van der Waals surface area contributed by atoms with Crippen LogP contribution in [0.2, 0.25) is 10.0 Å². The van der Waals surface area contributed by atoms with Crippen LogP contribution < -0.4 is 10.6 Å². The zero-order chi connectivity index (χ0) is 21.9. The van der Waals surface area contributed by atoms with Gasteiger partial charge in [0.15, 0.2) is 5.76 Å². The summed E-state index contributed by atoms with van der Waals surface area (Å²) in [6, 6.07) is 14.8. The van der Waals surface area contributed by atoms with Crippen LogP contribution in [-0.2, 0) is 6.54 Å². The Morgan fingerprint density at radius 1 is 0.906 bits per heavy atom. The van der Waals surface area contributed by atoms with Gasteiger partial charge in [0.25, 0.3) is 5.91 Å². The Bertz CT molecular complexity index is 1350. The fraction of sp³-hybridized carbons (Fsp3) is 0.320. The molecule has 0 atom stereocenters. The van der Waals surface area contributed by atoms with Crippen molar-refractivity contribution in [3.05, 3.63) is 70.1 Å². The van der Waals surface area contributed by atoms with Crippen LogP contribution >= 0.6 is 23.2 Å². The van der Waals surface area contributed by atoms with Crippen LogP contribution in [0.5, 0.6) is 0 Å². The van der Waals surface area contributed by atoms with Gasteiger partial charge in [0.05, 0.1) is 6.54 Å². The van der Waals surface area contributed by atoms with Gasteiger partial charge in [-0.25, -0.2) is 0 Å². The van der Waals surface area contributed by atoms with Crippen LogP contribution in [0.1, 0.15) is 42.0 Å². The van der Waals surface area contributed by atoms with E-state index in [1.807, 2.05) is 30.3 Å². The Kier molecular flexibility index (Phi) is 4.58. The molecule has 5 nitrogen and oxygen atoms in total. The lowest BCUT2D eigenvalue weighted by atomic mass is 9.65. The maximum absolute atomic E-state index is 12.8. The minimum atomic E-state index is -0.151. The maximum atomic E-state index is 12.8. The zero-order valence-electron chi connectivity index (χ0n) is 17.3. The normalized spacial score (nSPS) is 24.2. The number of halogens is 2.